The average molecular weight is 624 g/mol. The molecule has 0 aliphatic carbocycles. The number of fused-ring (bicyclic) bond motifs is 1. The lowest BCUT2D eigenvalue weighted by Crippen LogP contribution is -2.27. The number of nitrogens with two attached hydrogens (primary N) is 1. The molecule has 3 aromatic heterocycles. The molecule has 0 spiro atoms. The summed E-state index contributed by atoms with van der Waals surface area (Å²) in [5.41, 5.74) is 8.00. The number of nitrogens with one attached hydrogen (secondary N) is 3. The smallest absolute Gasteiger partial charge is 0.255 e. The van der Waals surface area contributed by atoms with Gasteiger partial charge in [-0.05, 0) is 60.0 Å². The predicted octanol–water partition coefficient (Wildman–Crippen LogP) is 4.84. The van der Waals surface area contributed by atoms with Gasteiger partial charge in [0.05, 0.1) is 17.6 Å². The minimum atomic E-state index is -3.91. The van der Waals surface area contributed by atoms with Crippen LogP contribution in [0.3, 0.4) is 0 Å². The first-order valence-electron chi connectivity index (χ1n) is 13.2. The second-order valence-electron chi connectivity index (χ2n) is 9.51. The highest BCUT2D eigenvalue weighted by atomic mass is 32.2. The van der Waals surface area contributed by atoms with Gasteiger partial charge in [0, 0.05) is 34.4 Å². The summed E-state index contributed by atoms with van der Waals surface area (Å²) in [5.74, 6) is -2.14. The van der Waals surface area contributed by atoms with Crippen molar-refractivity contribution in [3.63, 3.8) is 0 Å². The molecular formula is C29H27F2N7O3S2. The van der Waals surface area contributed by atoms with E-state index >= 15 is 0 Å². The lowest BCUT2D eigenvalue weighted by molar-refractivity contribution is 0.0951. The zero-order valence-electron chi connectivity index (χ0n) is 22.9. The zero-order valence-corrected chi connectivity index (χ0v) is 24.5. The maximum atomic E-state index is 13.6. The number of aromatic nitrogens is 3. The molecule has 5 N–H and O–H groups in total. The fourth-order valence-corrected chi connectivity index (χ4v) is 6.23. The maximum absolute atomic E-state index is 13.6. The Morgan fingerprint density at radius 2 is 1.81 bits per heavy atom. The van der Waals surface area contributed by atoms with Gasteiger partial charge in [-0.1, -0.05) is 19.1 Å². The summed E-state index contributed by atoms with van der Waals surface area (Å²) >= 11 is 1.52. The molecule has 0 fully saturated rings. The SMILES string of the molecule is CCCNS(=O)(=O)c1cnc(NCc2ccc(-c3ccc4ncnc(N)c4c3)s2)c(C(=O)NCc2ccc(F)c(F)c2)c1. The monoisotopic (exact) mass is 623 g/mol. The van der Waals surface area contributed by atoms with Gasteiger partial charge in [0.1, 0.15) is 22.9 Å². The first-order valence-corrected chi connectivity index (χ1v) is 15.5. The van der Waals surface area contributed by atoms with Crippen molar-refractivity contribution in [2.45, 2.75) is 31.3 Å². The Morgan fingerprint density at radius 3 is 2.60 bits per heavy atom. The summed E-state index contributed by atoms with van der Waals surface area (Å²) in [6.45, 7) is 2.22. The number of hydrogen-bond acceptors (Lipinski definition) is 9. The van der Waals surface area contributed by atoms with Crippen molar-refractivity contribution in [3.05, 3.63) is 94.8 Å². The van der Waals surface area contributed by atoms with E-state index in [0.29, 0.717) is 24.3 Å². The number of pyridine rings is 1. The van der Waals surface area contributed by atoms with Crippen molar-refractivity contribution in [1.29, 1.82) is 0 Å². The molecule has 10 nitrogen and oxygen atoms in total. The number of hydrogen-bond donors (Lipinski definition) is 4. The minimum Gasteiger partial charge on any atom is -0.383 e. The number of carbonyl (C=O) groups excluding carboxylic acids is 1. The van der Waals surface area contributed by atoms with Gasteiger partial charge in [-0.3, -0.25) is 4.79 Å². The molecule has 2 aromatic carbocycles. The standard InChI is InChI=1S/C29H27F2N7O3S2/c1-2-9-38-43(40,41)20-12-22(29(39)35-13-17-3-6-23(30)24(31)10-17)28(34-15-20)33-14-19-5-8-26(42-19)18-4-7-25-21(11-18)27(32)37-16-36-25/h3-8,10-12,15-16,38H,2,9,13-14H2,1H3,(H,33,34)(H,35,39)(H2,32,36,37). The highest BCUT2D eigenvalue weighted by Crippen LogP contribution is 2.32. The van der Waals surface area contributed by atoms with Gasteiger partial charge in [-0.2, -0.15) is 0 Å². The van der Waals surface area contributed by atoms with Crippen LogP contribution in [-0.2, 0) is 23.1 Å². The molecule has 3 heterocycles. The molecule has 0 radical (unpaired) electrons. The Morgan fingerprint density at radius 1 is 0.977 bits per heavy atom. The van der Waals surface area contributed by atoms with Crippen molar-refractivity contribution in [2.24, 2.45) is 0 Å². The number of amides is 1. The molecule has 43 heavy (non-hydrogen) atoms. The maximum Gasteiger partial charge on any atom is 0.255 e. The van der Waals surface area contributed by atoms with Gasteiger partial charge in [0.2, 0.25) is 10.0 Å². The third-order valence-electron chi connectivity index (χ3n) is 6.44. The van der Waals surface area contributed by atoms with E-state index in [4.69, 9.17) is 5.73 Å². The van der Waals surface area contributed by atoms with Gasteiger partial charge < -0.3 is 16.4 Å². The average Bonchev–Trinajstić information content (AvgIpc) is 3.48. The third kappa shape index (κ3) is 6.93. The van der Waals surface area contributed by atoms with Crippen LogP contribution in [0.2, 0.25) is 0 Å². The van der Waals surface area contributed by atoms with Crippen LogP contribution in [0.1, 0.15) is 34.1 Å². The van der Waals surface area contributed by atoms with E-state index in [2.05, 4.69) is 30.3 Å². The highest BCUT2D eigenvalue weighted by Gasteiger charge is 2.21. The molecule has 5 aromatic rings. The number of nitrogens with zero attached hydrogens (tertiary/aromatic N) is 3. The van der Waals surface area contributed by atoms with Crippen molar-refractivity contribution in [3.8, 4) is 10.4 Å². The number of nitrogen functional groups attached to an aromatic ring is 1. The number of halogens is 2. The lowest BCUT2D eigenvalue weighted by atomic mass is 10.1. The first-order chi connectivity index (χ1) is 20.6. The minimum absolute atomic E-state index is 0.0243. The molecule has 0 aliphatic heterocycles. The number of thiophene rings is 1. The van der Waals surface area contributed by atoms with E-state index in [0.717, 1.165) is 38.4 Å². The molecule has 0 aliphatic rings. The molecule has 14 heteroatoms. The van der Waals surface area contributed by atoms with Crippen LogP contribution < -0.4 is 21.1 Å². The Hall–Kier alpha value is -4.53. The van der Waals surface area contributed by atoms with Gasteiger partial charge >= 0.3 is 0 Å². The Bertz CT molecular complexity index is 1920. The molecule has 1 amide bonds. The molecular weight excluding hydrogens is 596 g/mol. The Kier molecular flexibility index (Phi) is 8.89. The van der Waals surface area contributed by atoms with E-state index in [1.54, 1.807) is 0 Å². The van der Waals surface area contributed by atoms with Crippen LogP contribution in [0, 0.1) is 11.6 Å². The molecule has 0 saturated carbocycles. The van der Waals surface area contributed by atoms with Crippen LogP contribution in [0.25, 0.3) is 21.3 Å². The van der Waals surface area contributed by atoms with Crippen LogP contribution in [0.15, 0.2) is 72.0 Å². The van der Waals surface area contributed by atoms with Crippen LogP contribution in [-0.4, -0.2) is 35.8 Å². The second-order valence-corrected chi connectivity index (χ2v) is 12.4. The summed E-state index contributed by atoms with van der Waals surface area (Å²) in [4.78, 5) is 27.5. The number of rotatable bonds is 11. The molecule has 5 rings (SSSR count). The fourth-order valence-electron chi connectivity index (χ4n) is 4.18. The fraction of sp³-hybridized carbons (Fsp3) is 0.172. The summed E-state index contributed by atoms with van der Waals surface area (Å²) in [6.07, 6.45) is 3.17. The third-order valence-corrected chi connectivity index (χ3v) is 9.00. The normalized spacial score (nSPS) is 11.5. The molecule has 0 atom stereocenters. The number of sulfonamides is 1. The summed E-state index contributed by atoms with van der Waals surface area (Å²) in [5, 5.41) is 6.50. The van der Waals surface area contributed by atoms with Gasteiger partial charge in [0.15, 0.2) is 11.6 Å². The van der Waals surface area contributed by atoms with E-state index in [9.17, 15) is 22.0 Å². The zero-order chi connectivity index (χ0) is 30.6. The summed E-state index contributed by atoms with van der Waals surface area (Å²) in [6, 6.07) is 14.2. The largest absolute Gasteiger partial charge is 0.383 e. The van der Waals surface area contributed by atoms with Gasteiger partial charge in [-0.25, -0.2) is 36.9 Å². The van der Waals surface area contributed by atoms with Gasteiger partial charge in [-0.15, -0.1) is 11.3 Å². The number of anilines is 2. The summed E-state index contributed by atoms with van der Waals surface area (Å²) in [7, 11) is -3.91. The predicted molar refractivity (Wildman–Crippen MR) is 162 cm³/mol. The van der Waals surface area contributed by atoms with Crippen molar-refractivity contribution >= 4 is 49.8 Å². The second kappa shape index (κ2) is 12.8. The van der Waals surface area contributed by atoms with Crippen LogP contribution >= 0.6 is 11.3 Å². The van der Waals surface area contributed by atoms with E-state index in [1.165, 1.54) is 36.0 Å². The van der Waals surface area contributed by atoms with Crippen LogP contribution in [0.5, 0.6) is 0 Å². The topological polar surface area (TPSA) is 152 Å². The van der Waals surface area contributed by atoms with Gasteiger partial charge in [0.25, 0.3) is 5.91 Å². The molecule has 0 bridgehead atoms. The lowest BCUT2D eigenvalue weighted by Gasteiger charge is -2.13. The number of benzene rings is 2. The van der Waals surface area contributed by atoms with E-state index < -0.39 is 27.6 Å². The quantitative estimate of drug-likeness (QED) is 0.163. The summed E-state index contributed by atoms with van der Waals surface area (Å²) < 4.78 is 54.9. The molecule has 222 valence electrons. The highest BCUT2D eigenvalue weighted by molar-refractivity contribution is 7.89. The van der Waals surface area contributed by atoms with E-state index in [1.807, 2.05) is 37.3 Å². The Labute approximate surface area is 250 Å². The first kappa shape index (κ1) is 29.9. The number of carbonyl (C=O) groups is 1. The van der Waals surface area contributed by atoms with Crippen molar-refractivity contribution in [2.75, 3.05) is 17.6 Å². The van der Waals surface area contributed by atoms with E-state index in [-0.39, 0.29) is 29.4 Å². The molecule has 0 saturated heterocycles. The molecule has 0 unspecified atom stereocenters. The van der Waals surface area contributed by atoms with Crippen LogP contribution in [0.4, 0.5) is 20.4 Å². The van der Waals surface area contributed by atoms with Crippen molar-refractivity contribution < 1.29 is 22.0 Å². The van der Waals surface area contributed by atoms with Crippen molar-refractivity contribution in [1.82, 2.24) is 25.0 Å². The Balaban J connectivity index is 1.37.